The van der Waals surface area contributed by atoms with E-state index in [1.165, 1.54) is 17.3 Å². The van der Waals surface area contributed by atoms with Crippen molar-refractivity contribution in [2.24, 2.45) is 0 Å². The standard InChI is InChI=1S/C9H14N2O4S3/c1-3-6(4-16-2)11-18(14,15)9-7(8(12)13)10-5-17-9/h5-6,11H,3-4H2,1-2H3,(H,12,13). The van der Waals surface area contributed by atoms with Crippen molar-refractivity contribution in [1.82, 2.24) is 9.71 Å². The molecule has 0 fully saturated rings. The summed E-state index contributed by atoms with van der Waals surface area (Å²) in [5.41, 5.74) is 0.791. The predicted octanol–water partition coefficient (Wildman–Crippen LogP) is 1.26. The fourth-order valence-electron chi connectivity index (χ4n) is 1.28. The summed E-state index contributed by atoms with van der Waals surface area (Å²) in [5.74, 6) is -0.703. The lowest BCUT2D eigenvalue weighted by Crippen LogP contribution is -2.36. The second-order valence-electron chi connectivity index (χ2n) is 3.48. The normalized spacial score (nSPS) is 13.4. The minimum Gasteiger partial charge on any atom is -0.476 e. The van der Waals surface area contributed by atoms with E-state index < -0.39 is 21.7 Å². The Morgan fingerprint density at radius 1 is 1.67 bits per heavy atom. The highest BCUT2D eigenvalue weighted by atomic mass is 32.2. The SMILES string of the molecule is CCC(CSC)NS(=O)(=O)c1scnc1C(=O)O. The monoisotopic (exact) mass is 310 g/mol. The zero-order valence-electron chi connectivity index (χ0n) is 9.91. The molecule has 0 radical (unpaired) electrons. The number of carboxylic acids is 1. The molecular formula is C9H14N2O4S3. The zero-order chi connectivity index (χ0) is 13.8. The number of hydrogen-bond donors (Lipinski definition) is 2. The van der Waals surface area contributed by atoms with Gasteiger partial charge in [-0.15, -0.1) is 11.3 Å². The van der Waals surface area contributed by atoms with Gasteiger partial charge < -0.3 is 5.11 Å². The molecule has 0 amide bonds. The Morgan fingerprint density at radius 2 is 2.33 bits per heavy atom. The van der Waals surface area contributed by atoms with Crippen LogP contribution in [0.3, 0.4) is 0 Å². The lowest BCUT2D eigenvalue weighted by molar-refractivity contribution is 0.0687. The highest BCUT2D eigenvalue weighted by molar-refractivity contribution is 7.98. The molecule has 18 heavy (non-hydrogen) atoms. The second kappa shape index (κ2) is 6.50. The van der Waals surface area contributed by atoms with E-state index >= 15 is 0 Å². The van der Waals surface area contributed by atoms with E-state index in [2.05, 4.69) is 9.71 Å². The van der Waals surface area contributed by atoms with Crippen molar-refractivity contribution in [2.45, 2.75) is 23.6 Å². The molecule has 0 aromatic carbocycles. The number of nitrogens with one attached hydrogen (secondary N) is 1. The van der Waals surface area contributed by atoms with Gasteiger partial charge in [-0.1, -0.05) is 6.92 Å². The summed E-state index contributed by atoms with van der Waals surface area (Å²) < 4.78 is 26.4. The second-order valence-corrected chi connectivity index (χ2v) is 7.15. The third-order valence-corrected chi connectivity index (χ3v) is 5.79. The zero-order valence-corrected chi connectivity index (χ0v) is 12.4. The molecule has 1 aromatic heterocycles. The number of carboxylic acid groups (broad SMARTS) is 1. The first kappa shape index (κ1) is 15.4. The largest absolute Gasteiger partial charge is 0.476 e. The molecule has 0 spiro atoms. The summed E-state index contributed by atoms with van der Waals surface area (Å²) in [4.78, 5) is 14.4. The smallest absolute Gasteiger partial charge is 0.356 e. The van der Waals surface area contributed by atoms with Crippen LogP contribution < -0.4 is 4.72 Å². The van der Waals surface area contributed by atoms with Crippen molar-refractivity contribution in [2.75, 3.05) is 12.0 Å². The quantitative estimate of drug-likeness (QED) is 0.787. The van der Waals surface area contributed by atoms with E-state index in [9.17, 15) is 13.2 Å². The molecule has 1 heterocycles. The topological polar surface area (TPSA) is 96.4 Å². The van der Waals surface area contributed by atoms with Gasteiger partial charge in [0.15, 0.2) is 9.90 Å². The van der Waals surface area contributed by atoms with Crippen molar-refractivity contribution < 1.29 is 18.3 Å². The maximum absolute atomic E-state index is 12.0. The van der Waals surface area contributed by atoms with Gasteiger partial charge in [0.1, 0.15) is 0 Å². The van der Waals surface area contributed by atoms with E-state index in [1.807, 2.05) is 13.2 Å². The van der Waals surface area contributed by atoms with Gasteiger partial charge in [0.25, 0.3) is 10.0 Å². The van der Waals surface area contributed by atoms with Crippen LogP contribution in [0.2, 0.25) is 0 Å². The van der Waals surface area contributed by atoms with Gasteiger partial charge in [0.2, 0.25) is 0 Å². The van der Waals surface area contributed by atoms with Crippen LogP contribution in [0.5, 0.6) is 0 Å². The van der Waals surface area contributed by atoms with Crippen molar-refractivity contribution in [3.05, 3.63) is 11.2 Å². The van der Waals surface area contributed by atoms with Gasteiger partial charge in [-0.25, -0.2) is 22.9 Å². The van der Waals surface area contributed by atoms with Crippen LogP contribution in [-0.4, -0.2) is 42.5 Å². The molecule has 1 unspecified atom stereocenters. The molecule has 9 heteroatoms. The van der Waals surface area contributed by atoms with Crippen molar-refractivity contribution in [3.8, 4) is 0 Å². The molecule has 0 bridgehead atoms. The summed E-state index contributed by atoms with van der Waals surface area (Å²) in [7, 11) is -3.81. The molecular weight excluding hydrogens is 296 g/mol. The number of aromatic carboxylic acids is 1. The molecule has 1 rings (SSSR count). The first-order valence-electron chi connectivity index (χ1n) is 5.10. The van der Waals surface area contributed by atoms with Gasteiger partial charge in [0, 0.05) is 11.8 Å². The minimum atomic E-state index is -3.81. The van der Waals surface area contributed by atoms with E-state index in [1.54, 1.807) is 0 Å². The van der Waals surface area contributed by atoms with E-state index in [0.717, 1.165) is 11.3 Å². The van der Waals surface area contributed by atoms with Crippen LogP contribution in [0.1, 0.15) is 23.8 Å². The number of sulfonamides is 1. The number of thioether (sulfide) groups is 1. The molecule has 102 valence electrons. The molecule has 0 saturated heterocycles. The Balaban J connectivity index is 2.99. The summed E-state index contributed by atoms with van der Waals surface area (Å²) in [6.07, 6.45) is 2.52. The van der Waals surface area contributed by atoms with Gasteiger partial charge in [0.05, 0.1) is 5.51 Å². The first-order valence-corrected chi connectivity index (χ1v) is 8.86. The number of aromatic nitrogens is 1. The number of rotatable bonds is 7. The summed E-state index contributed by atoms with van der Waals surface area (Å²) in [6, 6.07) is -0.214. The third-order valence-electron chi connectivity index (χ3n) is 2.16. The highest BCUT2D eigenvalue weighted by Gasteiger charge is 2.27. The van der Waals surface area contributed by atoms with Gasteiger partial charge in [-0.2, -0.15) is 11.8 Å². The van der Waals surface area contributed by atoms with E-state index in [-0.39, 0.29) is 10.3 Å². The maximum Gasteiger partial charge on any atom is 0.356 e. The first-order chi connectivity index (χ1) is 8.42. The molecule has 1 aromatic rings. The van der Waals surface area contributed by atoms with Crippen LogP contribution in [0, 0.1) is 0 Å². The number of hydrogen-bond acceptors (Lipinski definition) is 6. The summed E-state index contributed by atoms with van der Waals surface area (Å²) in [5, 5.41) is 8.86. The van der Waals surface area contributed by atoms with E-state index in [0.29, 0.717) is 12.2 Å². The fourth-order valence-corrected chi connectivity index (χ4v) is 4.58. The fraction of sp³-hybridized carbons (Fsp3) is 0.556. The Hall–Kier alpha value is -0.640. The van der Waals surface area contributed by atoms with E-state index in [4.69, 9.17) is 5.11 Å². The average Bonchev–Trinajstić information content (AvgIpc) is 2.77. The molecule has 2 N–H and O–H groups in total. The molecule has 0 aliphatic rings. The number of thiazole rings is 1. The Kier molecular flexibility index (Phi) is 5.57. The summed E-state index contributed by atoms with van der Waals surface area (Å²) >= 11 is 2.33. The van der Waals surface area contributed by atoms with Crippen molar-refractivity contribution in [1.29, 1.82) is 0 Å². The number of nitrogens with zero attached hydrogens (tertiary/aromatic N) is 1. The average molecular weight is 310 g/mol. The highest BCUT2D eigenvalue weighted by Crippen LogP contribution is 2.20. The van der Waals surface area contributed by atoms with Gasteiger partial charge in [-0.3, -0.25) is 0 Å². The van der Waals surface area contributed by atoms with Crippen LogP contribution >= 0.6 is 23.1 Å². The lowest BCUT2D eigenvalue weighted by Gasteiger charge is -2.15. The van der Waals surface area contributed by atoms with Crippen LogP contribution in [-0.2, 0) is 10.0 Å². The third kappa shape index (κ3) is 3.67. The molecule has 0 aliphatic carbocycles. The van der Waals surface area contributed by atoms with Crippen LogP contribution in [0.25, 0.3) is 0 Å². The Labute approximate surface area is 114 Å². The van der Waals surface area contributed by atoms with Crippen LogP contribution in [0.4, 0.5) is 0 Å². The molecule has 1 atom stereocenters. The van der Waals surface area contributed by atoms with Crippen molar-refractivity contribution >= 4 is 39.1 Å². The van der Waals surface area contributed by atoms with Gasteiger partial charge in [-0.05, 0) is 12.7 Å². The summed E-state index contributed by atoms with van der Waals surface area (Å²) in [6.45, 7) is 1.87. The Morgan fingerprint density at radius 3 is 2.83 bits per heavy atom. The Bertz CT molecular complexity index is 512. The maximum atomic E-state index is 12.0. The molecule has 0 aliphatic heterocycles. The van der Waals surface area contributed by atoms with Crippen molar-refractivity contribution in [3.63, 3.8) is 0 Å². The minimum absolute atomic E-state index is 0.214. The van der Waals surface area contributed by atoms with Gasteiger partial charge >= 0.3 is 5.97 Å². The molecule has 0 saturated carbocycles. The lowest BCUT2D eigenvalue weighted by atomic mass is 10.3. The predicted molar refractivity (Wildman–Crippen MR) is 71.9 cm³/mol. The molecule has 6 nitrogen and oxygen atoms in total. The van der Waals surface area contributed by atoms with Crippen LogP contribution in [0.15, 0.2) is 9.72 Å². The number of carbonyl (C=O) groups is 1.